The van der Waals surface area contributed by atoms with Crippen molar-refractivity contribution in [3.63, 3.8) is 0 Å². The van der Waals surface area contributed by atoms with Crippen molar-refractivity contribution < 1.29 is 14.3 Å². The van der Waals surface area contributed by atoms with Gasteiger partial charge in [0.05, 0.1) is 19.0 Å². The number of esters is 1. The summed E-state index contributed by atoms with van der Waals surface area (Å²) in [4.78, 5) is 23.2. The number of nitrogens with one attached hydrogen (secondary N) is 2. The van der Waals surface area contributed by atoms with E-state index in [-0.39, 0.29) is 17.5 Å². The third-order valence-electron chi connectivity index (χ3n) is 3.01. The number of rotatable bonds is 3. The molecule has 1 fully saturated rings. The van der Waals surface area contributed by atoms with Gasteiger partial charge in [0.25, 0.3) is 0 Å². The second-order valence-corrected chi connectivity index (χ2v) is 4.12. The Morgan fingerprint density at radius 1 is 1.47 bits per heavy atom. The molecule has 1 heterocycles. The summed E-state index contributed by atoms with van der Waals surface area (Å²) >= 11 is 0. The van der Waals surface area contributed by atoms with Crippen molar-refractivity contribution in [2.45, 2.75) is 25.7 Å². The molecule has 1 saturated carbocycles. The van der Waals surface area contributed by atoms with Crippen molar-refractivity contribution >= 4 is 17.6 Å². The molecule has 17 heavy (non-hydrogen) atoms. The predicted octanol–water partition coefficient (Wildman–Crippen LogP) is 1.32. The van der Waals surface area contributed by atoms with Crippen molar-refractivity contribution in [3.8, 4) is 0 Å². The third kappa shape index (κ3) is 2.46. The average molecular weight is 237 g/mol. The van der Waals surface area contributed by atoms with Crippen LogP contribution in [0.5, 0.6) is 0 Å². The van der Waals surface area contributed by atoms with Crippen LogP contribution < -0.4 is 5.32 Å². The number of aromatic nitrogens is 2. The van der Waals surface area contributed by atoms with Gasteiger partial charge in [-0.15, -0.1) is 0 Å². The lowest BCUT2D eigenvalue weighted by molar-refractivity contribution is -0.119. The smallest absolute Gasteiger partial charge is 0.358 e. The van der Waals surface area contributed by atoms with Crippen LogP contribution in [-0.4, -0.2) is 29.2 Å². The molecule has 0 aromatic carbocycles. The molecule has 2 rings (SSSR count). The molecule has 0 atom stereocenters. The lowest BCUT2D eigenvalue weighted by atomic mass is 10.1. The highest BCUT2D eigenvalue weighted by Gasteiger charge is 2.24. The number of anilines is 1. The molecule has 0 spiro atoms. The van der Waals surface area contributed by atoms with E-state index in [1.54, 1.807) is 0 Å². The highest BCUT2D eigenvalue weighted by Crippen LogP contribution is 2.26. The molecule has 0 bridgehead atoms. The summed E-state index contributed by atoms with van der Waals surface area (Å²) in [5.74, 6) is -0.534. The van der Waals surface area contributed by atoms with E-state index in [1.165, 1.54) is 13.3 Å². The van der Waals surface area contributed by atoms with Gasteiger partial charge in [-0.3, -0.25) is 9.89 Å². The van der Waals surface area contributed by atoms with Gasteiger partial charge in [-0.1, -0.05) is 12.8 Å². The van der Waals surface area contributed by atoms with Crippen LogP contribution in [0.4, 0.5) is 5.69 Å². The Morgan fingerprint density at radius 3 is 2.82 bits per heavy atom. The van der Waals surface area contributed by atoms with Crippen LogP contribution in [0.2, 0.25) is 0 Å². The molecule has 6 nitrogen and oxygen atoms in total. The van der Waals surface area contributed by atoms with Gasteiger partial charge in [0.15, 0.2) is 5.69 Å². The Hall–Kier alpha value is -1.85. The van der Waals surface area contributed by atoms with Crippen LogP contribution in [-0.2, 0) is 9.53 Å². The minimum Gasteiger partial charge on any atom is -0.464 e. The van der Waals surface area contributed by atoms with Crippen molar-refractivity contribution in [2.75, 3.05) is 12.4 Å². The first-order chi connectivity index (χ1) is 8.22. The van der Waals surface area contributed by atoms with Crippen LogP contribution in [0.25, 0.3) is 0 Å². The second kappa shape index (κ2) is 4.99. The van der Waals surface area contributed by atoms with Crippen LogP contribution in [0, 0.1) is 5.92 Å². The molecule has 92 valence electrons. The van der Waals surface area contributed by atoms with Gasteiger partial charge in [0.1, 0.15) is 0 Å². The number of methoxy groups -OCH3 is 1. The van der Waals surface area contributed by atoms with E-state index in [0.717, 1.165) is 25.7 Å². The van der Waals surface area contributed by atoms with E-state index in [4.69, 9.17) is 0 Å². The van der Waals surface area contributed by atoms with E-state index in [1.807, 2.05) is 0 Å². The molecule has 1 aliphatic carbocycles. The number of hydrogen-bond acceptors (Lipinski definition) is 4. The number of carbonyl (C=O) groups is 2. The summed E-state index contributed by atoms with van der Waals surface area (Å²) < 4.78 is 4.58. The molecule has 2 N–H and O–H groups in total. The molecule has 1 aromatic rings. The molecule has 1 amide bonds. The van der Waals surface area contributed by atoms with Gasteiger partial charge in [0, 0.05) is 5.92 Å². The van der Waals surface area contributed by atoms with E-state index >= 15 is 0 Å². The quantitative estimate of drug-likeness (QED) is 0.776. The van der Waals surface area contributed by atoms with Gasteiger partial charge >= 0.3 is 5.97 Å². The summed E-state index contributed by atoms with van der Waals surface area (Å²) in [6, 6.07) is 0. The Kier molecular flexibility index (Phi) is 3.41. The van der Waals surface area contributed by atoms with E-state index in [0.29, 0.717) is 5.69 Å². The number of hydrogen-bond donors (Lipinski definition) is 2. The van der Waals surface area contributed by atoms with Gasteiger partial charge < -0.3 is 10.1 Å². The first-order valence-corrected chi connectivity index (χ1v) is 5.65. The number of ether oxygens (including phenoxy) is 1. The maximum Gasteiger partial charge on any atom is 0.358 e. The molecule has 0 unspecified atom stereocenters. The second-order valence-electron chi connectivity index (χ2n) is 4.12. The lowest BCUT2D eigenvalue weighted by Crippen LogP contribution is -2.21. The zero-order valence-electron chi connectivity index (χ0n) is 9.66. The Labute approximate surface area is 98.7 Å². The minimum atomic E-state index is -0.538. The fourth-order valence-electron chi connectivity index (χ4n) is 2.06. The molecule has 1 aromatic heterocycles. The number of nitrogens with zero attached hydrogens (tertiary/aromatic N) is 1. The Balaban J connectivity index is 2.05. The highest BCUT2D eigenvalue weighted by atomic mass is 16.5. The van der Waals surface area contributed by atoms with Crippen molar-refractivity contribution in [3.05, 3.63) is 11.9 Å². The molecule has 0 saturated heterocycles. The molecule has 0 radical (unpaired) electrons. The lowest BCUT2D eigenvalue weighted by Gasteiger charge is -2.09. The van der Waals surface area contributed by atoms with Gasteiger partial charge in [-0.25, -0.2) is 4.79 Å². The summed E-state index contributed by atoms with van der Waals surface area (Å²) in [5, 5.41) is 8.96. The Morgan fingerprint density at radius 2 is 2.18 bits per heavy atom. The number of aromatic amines is 1. The Bertz CT molecular complexity index is 421. The van der Waals surface area contributed by atoms with Crippen molar-refractivity contribution in [1.82, 2.24) is 10.2 Å². The molecule has 6 heteroatoms. The zero-order chi connectivity index (χ0) is 12.3. The number of H-pyrrole nitrogens is 1. The fraction of sp³-hybridized carbons (Fsp3) is 0.545. The summed E-state index contributed by atoms with van der Waals surface area (Å²) in [6.07, 6.45) is 5.42. The van der Waals surface area contributed by atoms with Gasteiger partial charge in [-0.05, 0) is 12.8 Å². The van der Waals surface area contributed by atoms with E-state index < -0.39 is 5.97 Å². The normalized spacial score (nSPS) is 15.8. The maximum absolute atomic E-state index is 11.9. The van der Waals surface area contributed by atoms with Crippen LogP contribution in [0.3, 0.4) is 0 Å². The van der Waals surface area contributed by atoms with Crippen molar-refractivity contribution in [1.29, 1.82) is 0 Å². The topological polar surface area (TPSA) is 84.1 Å². The standard InChI is InChI=1S/C11H15N3O3/c1-17-11(16)9-8(6-12-14-9)13-10(15)7-4-2-3-5-7/h6-7H,2-5H2,1H3,(H,12,14)(H,13,15). The zero-order valence-corrected chi connectivity index (χ0v) is 9.66. The molecular weight excluding hydrogens is 222 g/mol. The van der Waals surface area contributed by atoms with E-state index in [9.17, 15) is 9.59 Å². The van der Waals surface area contributed by atoms with E-state index in [2.05, 4.69) is 20.3 Å². The summed E-state index contributed by atoms with van der Waals surface area (Å²) in [5.41, 5.74) is 0.563. The van der Waals surface area contributed by atoms with Crippen LogP contribution >= 0.6 is 0 Å². The largest absolute Gasteiger partial charge is 0.464 e. The first-order valence-electron chi connectivity index (χ1n) is 5.65. The average Bonchev–Trinajstić information content (AvgIpc) is 2.98. The highest BCUT2D eigenvalue weighted by molar-refractivity contribution is 6.00. The number of carbonyl (C=O) groups excluding carboxylic acids is 2. The SMILES string of the molecule is COC(=O)c1[nH]ncc1NC(=O)C1CCCC1. The van der Waals surface area contributed by atoms with Crippen molar-refractivity contribution in [2.24, 2.45) is 5.92 Å². The molecule has 1 aliphatic rings. The minimum absolute atomic E-state index is 0.0472. The maximum atomic E-state index is 11.9. The van der Waals surface area contributed by atoms with Crippen LogP contribution in [0.1, 0.15) is 36.2 Å². The summed E-state index contributed by atoms with van der Waals surface area (Å²) in [6.45, 7) is 0. The molecular formula is C11H15N3O3. The fourth-order valence-corrected chi connectivity index (χ4v) is 2.06. The number of amides is 1. The monoisotopic (exact) mass is 237 g/mol. The van der Waals surface area contributed by atoms with Gasteiger partial charge in [0.2, 0.25) is 5.91 Å². The molecule has 0 aliphatic heterocycles. The van der Waals surface area contributed by atoms with Gasteiger partial charge in [-0.2, -0.15) is 5.10 Å². The first kappa shape index (κ1) is 11.6. The predicted molar refractivity (Wildman–Crippen MR) is 60.5 cm³/mol. The summed E-state index contributed by atoms with van der Waals surface area (Å²) in [7, 11) is 1.28. The third-order valence-corrected chi connectivity index (χ3v) is 3.01. The van der Waals surface area contributed by atoms with Crippen LogP contribution in [0.15, 0.2) is 6.20 Å².